The van der Waals surface area contributed by atoms with E-state index in [1.807, 2.05) is 20.8 Å². The molecule has 0 aliphatic carbocycles. The summed E-state index contributed by atoms with van der Waals surface area (Å²) in [7, 11) is -1.37. The zero-order chi connectivity index (χ0) is 31.9. The molecule has 0 heterocycles. The van der Waals surface area contributed by atoms with Crippen LogP contribution in [0.1, 0.15) is 38.3 Å². The summed E-state index contributed by atoms with van der Waals surface area (Å²) in [5.41, 5.74) is 1.47. The first-order valence-corrected chi connectivity index (χ1v) is 15.9. The van der Waals surface area contributed by atoms with Crippen LogP contribution in [0.5, 0.6) is 11.5 Å². The fraction of sp³-hybridized carbons (Fsp3) is 0.355. The van der Waals surface area contributed by atoms with E-state index in [1.165, 1.54) is 43.4 Å². The van der Waals surface area contributed by atoms with Crippen molar-refractivity contribution in [1.82, 2.24) is 10.2 Å². The molecule has 0 fully saturated rings. The lowest BCUT2D eigenvalue weighted by atomic mass is 10.1. The molecule has 0 bridgehead atoms. The molecule has 0 aliphatic rings. The molecule has 0 spiro atoms. The van der Waals surface area contributed by atoms with Crippen LogP contribution in [-0.2, 0) is 26.2 Å². The third kappa shape index (κ3) is 8.13. The van der Waals surface area contributed by atoms with Crippen molar-refractivity contribution in [3.63, 3.8) is 0 Å². The number of carbonyl (C=O) groups is 2. The maximum absolute atomic E-state index is 14.2. The van der Waals surface area contributed by atoms with Gasteiger partial charge < -0.3 is 19.7 Å². The number of sulfonamides is 1. The highest BCUT2D eigenvalue weighted by molar-refractivity contribution is 7.92. The van der Waals surface area contributed by atoms with Gasteiger partial charge in [0.15, 0.2) is 11.5 Å². The van der Waals surface area contributed by atoms with Gasteiger partial charge in [0.25, 0.3) is 10.0 Å². The minimum atomic E-state index is -4.27. The summed E-state index contributed by atoms with van der Waals surface area (Å²) in [6, 6.07) is 14.7. The van der Waals surface area contributed by atoms with Crippen molar-refractivity contribution in [3.8, 4) is 11.5 Å². The van der Waals surface area contributed by atoms with E-state index < -0.39 is 34.4 Å². The molecular weight excluding hydrogens is 613 g/mol. The molecule has 232 valence electrons. The van der Waals surface area contributed by atoms with Gasteiger partial charge in [0.2, 0.25) is 11.8 Å². The van der Waals surface area contributed by atoms with Gasteiger partial charge in [0, 0.05) is 34.3 Å². The SMILES string of the molecule is CC[C@H](C)NC(=O)[C@@H](C)N(Cc1c(Cl)cccc1Cl)C(=O)CN(c1ccc(OC)c(OC)c1)S(=O)(=O)c1ccc(C)cc1. The third-order valence-corrected chi connectivity index (χ3v) is 9.60. The molecule has 1 N–H and O–H groups in total. The Morgan fingerprint density at radius 1 is 0.930 bits per heavy atom. The molecule has 3 rings (SSSR count). The largest absolute Gasteiger partial charge is 0.493 e. The zero-order valence-electron chi connectivity index (χ0n) is 25.1. The van der Waals surface area contributed by atoms with E-state index in [0.29, 0.717) is 27.8 Å². The summed E-state index contributed by atoms with van der Waals surface area (Å²) in [6.07, 6.45) is 0.685. The molecule has 2 atom stereocenters. The van der Waals surface area contributed by atoms with Gasteiger partial charge in [-0.05, 0) is 63.6 Å². The first-order valence-electron chi connectivity index (χ1n) is 13.7. The summed E-state index contributed by atoms with van der Waals surface area (Å²) in [5.74, 6) is -0.383. The van der Waals surface area contributed by atoms with Crippen molar-refractivity contribution in [3.05, 3.63) is 81.8 Å². The Balaban J connectivity index is 2.12. The summed E-state index contributed by atoms with van der Waals surface area (Å²) >= 11 is 12.9. The number of nitrogens with zero attached hydrogens (tertiary/aromatic N) is 2. The molecule has 0 aromatic heterocycles. The van der Waals surface area contributed by atoms with Crippen LogP contribution in [0.2, 0.25) is 10.0 Å². The minimum Gasteiger partial charge on any atom is -0.493 e. The Kier molecular flexibility index (Phi) is 11.7. The molecule has 12 heteroatoms. The number of hydrogen-bond donors (Lipinski definition) is 1. The van der Waals surface area contributed by atoms with E-state index in [-0.39, 0.29) is 28.9 Å². The van der Waals surface area contributed by atoms with E-state index in [2.05, 4.69) is 5.32 Å². The van der Waals surface area contributed by atoms with Gasteiger partial charge in [0.1, 0.15) is 12.6 Å². The summed E-state index contributed by atoms with van der Waals surface area (Å²) in [6.45, 7) is 6.45. The molecule has 0 saturated heterocycles. The Hall–Kier alpha value is -3.47. The fourth-order valence-electron chi connectivity index (χ4n) is 4.25. The molecule has 0 saturated carbocycles. The standard InChI is InChI=1S/C31H37Cl2N3O6S/c1-7-21(3)34-31(38)22(4)35(18-25-26(32)9-8-10-27(25)33)30(37)19-36(23-13-16-28(41-5)29(17-23)42-6)43(39,40)24-14-11-20(2)12-15-24/h8-17,21-22H,7,18-19H2,1-6H3,(H,34,38)/t21-,22+/m0/s1. The number of amides is 2. The second kappa shape index (κ2) is 14.8. The number of anilines is 1. The predicted molar refractivity (Wildman–Crippen MR) is 170 cm³/mol. The van der Waals surface area contributed by atoms with E-state index >= 15 is 0 Å². The molecule has 0 radical (unpaired) electrons. The average molecular weight is 651 g/mol. The van der Waals surface area contributed by atoms with Crippen molar-refractivity contribution in [2.24, 2.45) is 0 Å². The van der Waals surface area contributed by atoms with Crippen LogP contribution in [0.25, 0.3) is 0 Å². The number of methoxy groups -OCH3 is 2. The predicted octanol–water partition coefficient (Wildman–Crippen LogP) is 5.85. The number of ether oxygens (including phenoxy) is 2. The molecule has 3 aromatic carbocycles. The van der Waals surface area contributed by atoms with Crippen molar-refractivity contribution in [2.45, 2.75) is 57.6 Å². The Morgan fingerprint density at radius 3 is 2.09 bits per heavy atom. The average Bonchev–Trinajstić information content (AvgIpc) is 2.98. The molecule has 43 heavy (non-hydrogen) atoms. The first-order chi connectivity index (χ1) is 20.3. The molecule has 0 unspecified atom stereocenters. The molecule has 3 aromatic rings. The highest BCUT2D eigenvalue weighted by Crippen LogP contribution is 2.34. The lowest BCUT2D eigenvalue weighted by Gasteiger charge is -2.33. The number of rotatable bonds is 13. The van der Waals surface area contributed by atoms with E-state index in [4.69, 9.17) is 32.7 Å². The van der Waals surface area contributed by atoms with Gasteiger partial charge in [-0.25, -0.2) is 8.42 Å². The van der Waals surface area contributed by atoms with Crippen LogP contribution in [0.4, 0.5) is 5.69 Å². The number of hydrogen-bond acceptors (Lipinski definition) is 6. The lowest BCUT2D eigenvalue weighted by molar-refractivity contribution is -0.139. The van der Waals surface area contributed by atoms with Crippen molar-refractivity contribution in [1.29, 1.82) is 0 Å². The zero-order valence-corrected chi connectivity index (χ0v) is 27.4. The molecule has 9 nitrogen and oxygen atoms in total. The number of halogens is 2. The van der Waals surface area contributed by atoms with Gasteiger partial charge in [-0.3, -0.25) is 13.9 Å². The van der Waals surface area contributed by atoms with Gasteiger partial charge >= 0.3 is 0 Å². The number of carbonyl (C=O) groups excluding carboxylic acids is 2. The topological polar surface area (TPSA) is 105 Å². The monoisotopic (exact) mass is 649 g/mol. The number of benzene rings is 3. The van der Waals surface area contributed by atoms with Crippen LogP contribution in [-0.4, -0.2) is 58.0 Å². The molecular formula is C31H37Cl2N3O6S. The second-order valence-corrected chi connectivity index (χ2v) is 12.8. The maximum Gasteiger partial charge on any atom is 0.264 e. The van der Waals surface area contributed by atoms with Crippen molar-refractivity contribution < 1.29 is 27.5 Å². The van der Waals surface area contributed by atoms with Crippen molar-refractivity contribution in [2.75, 3.05) is 25.1 Å². The van der Waals surface area contributed by atoms with E-state index in [1.54, 1.807) is 43.3 Å². The van der Waals surface area contributed by atoms with Gasteiger partial charge in [-0.2, -0.15) is 0 Å². The highest BCUT2D eigenvalue weighted by Gasteiger charge is 2.33. The normalized spacial score (nSPS) is 12.7. The summed E-state index contributed by atoms with van der Waals surface area (Å²) in [4.78, 5) is 28.7. The highest BCUT2D eigenvalue weighted by atomic mass is 35.5. The molecule has 2 amide bonds. The summed E-state index contributed by atoms with van der Waals surface area (Å²) in [5, 5.41) is 3.51. The van der Waals surface area contributed by atoms with E-state index in [9.17, 15) is 18.0 Å². The molecule has 0 aliphatic heterocycles. The Morgan fingerprint density at radius 2 is 1.53 bits per heavy atom. The van der Waals surface area contributed by atoms with Gasteiger partial charge in [-0.1, -0.05) is 53.9 Å². The maximum atomic E-state index is 14.2. The van der Waals surface area contributed by atoms with Gasteiger partial charge in [-0.15, -0.1) is 0 Å². The van der Waals surface area contributed by atoms with Crippen LogP contribution in [0, 0.1) is 6.92 Å². The smallest absolute Gasteiger partial charge is 0.264 e. The van der Waals surface area contributed by atoms with E-state index in [0.717, 1.165) is 9.87 Å². The number of nitrogens with one attached hydrogen (secondary N) is 1. The fourth-order valence-corrected chi connectivity index (χ4v) is 6.17. The van der Waals surface area contributed by atoms with Gasteiger partial charge in [0.05, 0.1) is 24.8 Å². The van der Waals surface area contributed by atoms with Crippen LogP contribution < -0.4 is 19.1 Å². The van der Waals surface area contributed by atoms with Crippen LogP contribution in [0.15, 0.2) is 65.6 Å². The van der Waals surface area contributed by atoms with Crippen LogP contribution in [0.3, 0.4) is 0 Å². The Labute approximate surface area is 263 Å². The van der Waals surface area contributed by atoms with Crippen LogP contribution >= 0.6 is 23.2 Å². The third-order valence-electron chi connectivity index (χ3n) is 7.10. The minimum absolute atomic E-state index is 0.0102. The first kappa shape index (κ1) is 34.0. The quantitative estimate of drug-likeness (QED) is 0.249. The van der Waals surface area contributed by atoms with Crippen molar-refractivity contribution >= 4 is 50.7 Å². The lowest BCUT2D eigenvalue weighted by Crippen LogP contribution is -2.52. The number of aryl methyl sites for hydroxylation is 1. The Bertz CT molecular complexity index is 1530. The summed E-state index contributed by atoms with van der Waals surface area (Å²) < 4.78 is 39.9. The second-order valence-electron chi connectivity index (χ2n) is 10.1.